The van der Waals surface area contributed by atoms with E-state index in [1.54, 1.807) is 19.2 Å². The quantitative estimate of drug-likeness (QED) is 0.152. The third-order valence-electron chi connectivity index (χ3n) is 5.96. The van der Waals surface area contributed by atoms with Crippen LogP contribution in [-0.2, 0) is 30.9 Å². The van der Waals surface area contributed by atoms with Gasteiger partial charge in [0.15, 0.2) is 0 Å². The van der Waals surface area contributed by atoms with Crippen molar-refractivity contribution in [1.82, 2.24) is 9.97 Å². The molecule has 0 unspecified atom stereocenters. The summed E-state index contributed by atoms with van der Waals surface area (Å²) in [6.07, 6.45) is 1.72. The zero-order chi connectivity index (χ0) is 26.7. The lowest BCUT2D eigenvalue weighted by Crippen LogP contribution is -2.16. The van der Waals surface area contributed by atoms with E-state index in [4.69, 9.17) is 14.5 Å². The number of esters is 2. The fourth-order valence-electron chi connectivity index (χ4n) is 4.07. The highest BCUT2D eigenvalue weighted by Crippen LogP contribution is 2.40. The Morgan fingerprint density at radius 1 is 0.973 bits per heavy atom. The number of benzene rings is 2. The maximum absolute atomic E-state index is 12.5. The Hall–Kier alpha value is -4.26. The van der Waals surface area contributed by atoms with E-state index in [-0.39, 0.29) is 36.4 Å². The molecule has 2 aromatic heterocycles. The summed E-state index contributed by atoms with van der Waals surface area (Å²) in [5, 5.41) is 13.2. The van der Waals surface area contributed by atoms with Gasteiger partial charge in [0.25, 0.3) is 0 Å². The first kappa shape index (κ1) is 25.8. The second-order valence-corrected chi connectivity index (χ2v) is 10.0. The van der Waals surface area contributed by atoms with Crippen molar-refractivity contribution in [3.63, 3.8) is 0 Å². The van der Waals surface area contributed by atoms with E-state index in [1.807, 2.05) is 63.2 Å². The van der Waals surface area contributed by atoms with Gasteiger partial charge in [-0.25, -0.2) is 9.78 Å². The van der Waals surface area contributed by atoms with Crippen molar-refractivity contribution in [2.75, 3.05) is 13.2 Å². The van der Waals surface area contributed by atoms with Crippen LogP contribution in [0.5, 0.6) is 5.75 Å². The highest BCUT2D eigenvalue weighted by molar-refractivity contribution is 6.03. The molecule has 0 fully saturated rings. The van der Waals surface area contributed by atoms with Crippen LogP contribution in [0.1, 0.15) is 38.8 Å². The minimum Gasteiger partial charge on any atom is -0.507 e. The normalized spacial score (nSPS) is 11.5. The Morgan fingerprint density at radius 3 is 2.35 bits per heavy atom. The van der Waals surface area contributed by atoms with E-state index in [0.717, 1.165) is 21.8 Å². The number of phenolic OH excluding ortho intramolecular Hbond substituents is 1. The number of pyridine rings is 2. The van der Waals surface area contributed by atoms with Gasteiger partial charge in [0.2, 0.25) is 0 Å². The number of aromatic nitrogens is 2. The van der Waals surface area contributed by atoms with Crippen LogP contribution in [0, 0.1) is 0 Å². The standard InChI is InChI=1S/C30H30N2O5/c1-18(2)29(35)37-14-13-36-25(33)17-19-15-22(28(34)23(16-19)30(3,4)5)24-11-10-21-9-8-20-7-6-12-31-26(20)27(21)32-24/h6-12,15-16,34H,1,13-14,17H2,2-5H3. The summed E-state index contributed by atoms with van der Waals surface area (Å²) in [6.45, 7) is 10.9. The SMILES string of the molecule is C=C(C)C(=O)OCCOC(=O)Cc1cc(-c2ccc3ccc4cccnc4c3n2)c(O)c(C(C)(C)C)c1. The molecule has 0 saturated carbocycles. The molecule has 190 valence electrons. The first-order valence-electron chi connectivity index (χ1n) is 12.0. The summed E-state index contributed by atoms with van der Waals surface area (Å²) < 4.78 is 10.2. The van der Waals surface area contributed by atoms with E-state index in [1.165, 1.54) is 0 Å². The van der Waals surface area contributed by atoms with Crippen molar-refractivity contribution in [2.24, 2.45) is 0 Å². The van der Waals surface area contributed by atoms with Gasteiger partial charge in [-0.05, 0) is 36.1 Å². The van der Waals surface area contributed by atoms with Crippen LogP contribution in [0.4, 0.5) is 0 Å². The van der Waals surface area contributed by atoms with Gasteiger partial charge in [-0.3, -0.25) is 9.78 Å². The number of hydrogen-bond acceptors (Lipinski definition) is 7. The minimum atomic E-state index is -0.528. The first-order chi connectivity index (χ1) is 17.5. The largest absolute Gasteiger partial charge is 0.507 e. The molecule has 0 aliphatic heterocycles. The zero-order valence-corrected chi connectivity index (χ0v) is 21.5. The van der Waals surface area contributed by atoms with Gasteiger partial charge >= 0.3 is 11.9 Å². The molecule has 4 rings (SSSR count). The summed E-state index contributed by atoms with van der Waals surface area (Å²) in [6, 6.07) is 15.3. The molecule has 0 aliphatic rings. The van der Waals surface area contributed by atoms with Crippen molar-refractivity contribution in [2.45, 2.75) is 39.5 Å². The maximum atomic E-state index is 12.5. The Bertz CT molecular complexity index is 1520. The number of fused-ring (bicyclic) bond motifs is 3. The molecule has 0 radical (unpaired) electrons. The number of hydrogen-bond donors (Lipinski definition) is 1. The maximum Gasteiger partial charge on any atom is 0.333 e. The van der Waals surface area contributed by atoms with Gasteiger partial charge in [0.05, 0.1) is 23.1 Å². The number of nitrogens with zero attached hydrogens (tertiary/aromatic N) is 2. The third-order valence-corrected chi connectivity index (χ3v) is 5.96. The number of rotatable bonds is 7. The van der Waals surface area contributed by atoms with Gasteiger partial charge in [0, 0.05) is 33.7 Å². The van der Waals surface area contributed by atoms with Crippen molar-refractivity contribution in [1.29, 1.82) is 0 Å². The van der Waals surface area contributed by atoms with Crippen LogP contribution in [0.2, 0.25) is 0 Å². The summed E-state index contributed by atoms with van der Waals surface area (Å²) in [5.74, 6) is -0.874. The van der Waals surface area contributed by atoms with Gasteiger partial charge in [0.1, 0.15) is 19.0 Å². The lowest BCUT2D eigenvalue weighted by atomic mass is 9.83. The van der Waals surface area contributed by atoms with Gasteiger partial charge in [-0.15, -0.1) is 0 Å². The lowest BCUT2D eigenvalue weighted by Gasteiger charge is -2.23. The second kappa shape index (κ2) is 10.4. The number of aromatic hydroxyl groups is 1. The average Bonchev–Trinajstić information content (AvgIpc) is 2.86. The van der Waals surface area contributed by atoms with Crippen LogP contribution in [0.3, 0.4) is 0 Å². The van der Waals surface area contributed by atoms with Crippen molar-refractivity contribution >= 4 is 33.7 Å². The Morgan fingerprint density at radius 2 is 1.65 bits per heavy atom. The molecule has 0 bridgehead atoms. The predicted molar refractivity (Wildman–Crippen MR) is 143 cm³/mol. The van der Waals surface area contributed by atoms with Crippen molar-refractivity contribution in [3.05, 3.63) is 78.0 Å². The molecular formula is C30H30N2O5. The van der Waals surface area contributed by atoms with Gasteiger partial charge < -0.3 is 14.6 Å². The number of carbonyl (C=O) groups excluding carboxylic acids is 2. The molecule has 2 aromatic carbocycles. The topological polar surface area (TPSA) is 98.6 Å². The van der Waals surface area contributed by atoms with Crippen LogP contribution in [0.25, 0.3) is 33.1 Å². The summed E-state index contributed by atoms with van der Waals surface area (Å²) in [5.41, 5.74) is 3.90. The molecule has 2 heterocycles. The highest BCUT2D eigenvalue weighted by Gasteiger charge is 2.23. The first-order valence-corrected chi connectivity index (χ1v) is 12.0. The summed E-state index contributed by atoms with van der Waals surface area (Å²) >= 11 is 0. The Balaban J connectivity index is 1.67. The molecule has 7 heteroatoms. The van der Waals surface area contributed by atoms with E-state index in [9.17, 15) is 14.7 Å². The van der Waals surface area contributed by atoms with Crippen molar-refractivity contribution in [3.8, 4) is 17.0 Å². The van der Waals surface area contributed by atoms with E-state index in [2.05, 4.69) is 11.6 Å². The zero-order valence-electron chi connectivity index (χ0n) is 21.5. The van der Waals surface area contributed by atoms with Crippen LogP contribution >= 0.6 is 0 Å². The fraction of sp³-hybridized carbons (Fsp3) is 0.267. The minimum absolute atomic E-state index is 0.0111. The van der Waals surface area contributed by atoms with E-state index >= 15 is 0 Å². The third kappa shape index (κ3) is 5.77. The molecule has 0 spiro atoms. The molecule has 7 nitrogen and oxygen atoms in total. The van der Waals surface area contributed by atoms with Gasteiger partial charge in [-0.1, -0.05) is 57.7 Å². The summed E-state index contributed by atoms with van der Waals surface area (Å²) in [4.78, 5) is 33.4. The number of phenols is 1. The lowest BCUT2D eigenvalue weighted by molar-refractivity contribution is -0.149. The van der Waals surface area contributed by atoms with Crippen molar-refractivity contribution < 1.29 is 24.2 Å². The number of carbonyl (C=O) groups is 2. The van der Waals surface area contributed by atoms with Crippen LogP contribution in [0.15, 0.2) is 66.9 Å². The number of ether oxygens (including phenoxy) is 2. The Labute approximate surface area is 215 Å². The predicted octanol–water partition coefficient (Wildman–Crippen LogP) is 5.66. The average molecular weight is 499 g/mol. The van der Waals surface area contributed by atoms with Crippen LogP contribution in [-0.4, -0.2) is 40.2 Å². The monoisotopic (exact) mass is 498 g/mol. The molecule has 0 amide bonds. The van der Waals surface area contributed by atoms with Crippen LogP contribution < -0.4 is 0 Å². The van der Waals surface area contributed by atoms with Gasteiger partial charge in [-0.2, -0.15) is 0 Å². The molecule has 4 aromatic rings. The van der Waals surface area contributed by atoms with E-state index in [0.29, 0.717) is 22.4 Å². The summed E-state index contributed by atoms with van der Waals surface area (Å²) in [7, 11) is 0. The highest BCUT2D eigenvalue weighted by atomic mass is 16.6. The Kier molecular flexibility index (Phi) is 7.25. The molecule has 37 heavy (non-hydrogen) atoms. The molecule has 0 saturated heterocycles. The molecule has 0 aliphatic carbocycles. The molecular weight excluding hydrogens is 468 g/mol. The van der Waals surface area contributed by atoms with E-state index < -0.39 is 11.9 Å². The fourth-order valence-corrected chi connectivity index (χ4v) is 4.07. The molecule has 1 N–H and O–H groups in total. The second-order valence-electron chi connectivity index (χ2n) is 10.0. The molecule has 0 atom stereocenters. The smallest absolute Gasteiger partial charge is 0.333 e.